The number of benzene rings is 1. The van der Waals surface area contributed by atoms with Crippen LogP contribution in [-0.2, 0) is 0 Å². The van der Waals surface area contributed by atoms with Crippen LogP contribution < -0.4 is 5.63 Å². The number of hydrogen-bond acceptors (Lipinski definition) is 4. The summed E-state index contributed by atoms with van der Waals surface area (Å²) >= 11 is 0. The van der Waals surface area contributed by atoms with Gasteiger partial charge in [0.2, 0.25) is 0 Å². The number of hydrogen-bond donors (Lipinski definition) is 0. The van der Waals surface area contributed by atoms with Crippen molar-refractivity contribution in [3.05, 3.63) is 40.9 Å². The Hall–Kier alpha value is -2.10. The lowest BCUT2D eigenvalue weighted by atomic mass is 10.2. The number of aromatic nitrogens is 1. The quantitative estimate of drug-likeness (QED) is 0.504. The van der Waals surface area contributed by atoms with E-state index in [1.165, 1.54) is 6.07 Å². The first-order chi connectivity index (χ1) is 6.84. The van der Waals surface area contributed by atoms with Crippen LogP contribution in [0, 0.1) is 0 Å². The van der Waals surface area contributed by atoms with E-state index in [1.807, 2.05) is 6.07 Å². The molecule has 0 spiro atoms. The molecule has 0 atom stereocenters. The summed E-state index contributed by atoms with van der Waals surface area (Å²) in [4.78, 5) is 11.0. The van der Waals surface area contributed by atoms with Crippen LogP contribution in [0.1, 0.15) is 0 Å². The summed E-state index contributed by atoms with van der Waals surface area (Å²) in [6.07, 6.45) is 1.54. The van der Waals surface area contributed by atoms with Crippen LogP contribution in [-0.4, -0.2) is 5.16 Å². The maximum Gasteiger partial charge on any atom is 0.336 e. The molecule has 4 heteroatoms. The molecule has 4 nitrogen and oxygen atoms in total. The van der Waals surface area contributed by atoms with Crippen LogP contribution >= 0.6 is 0 Å². The second-order valence-electron chi connectivity index (χ2n) is 2.98. The van der Waals surface area contributed by atoms with Crippen molar-refractivity contribution in [2.45, 2.75) is 0 Å². The normalized spacial score (nSPS) is 11.1. The molecule has 0 saturated heterocycles. The lowest BCUT2D eigenvalue weighted by Crippen LogP contribution is -1.93. The first-order valence-electron chi connectivity index (χ1n) is 4.12. The zero-order valence-corrected chi connectivity index (χ0v) is 7.06. The molecule has 0 aliphatic carbocycles. The Morgan fingerprint density at radius 1 is 1.14 bits per heavy atom. The van der Waals surface area contributed by atoms with Crippen molar-refractivity contribution in [2.75, 3.05) is 0 Å². The highest BCUT2D eigenvalue weighted by molar-refractivity contribution is 6.01. The van der Waals surface area contributed by atoms with Crippen molar-refractivity contribution in [2.24, 2.45) is 0 Å². The summed E-state index contributed by atoms with van der Waals surface area (Å²) in [5.41, 5.74) is 0.773. The van der Waals surface area contributed by atoms with Gasteiger partial charge in [0, 0.05) is 11.5 Å². The summed E-state index contributed by atoms with van der Waals surface area (Å²) in [5.74, 6) is 0. The van der Waals surface area contributed by atoms with Gasteiger partial charge < -0.3 is 8.94 Å². The molecule has 14 heavy (non-hydrogen) atoms. The highest BCUT2D eigenvalue weighted by atomic mass is 16.5. The molecule has 0 radical (unpaired) electrons. The average molecular weight is 187 g/mol. The Morgan fingerprint density at radius 3 is 2.93 bits per heavy atom. The van der Waals surface area contributed by atoms with Gasteiger partial charge in [-0.25, -0.2) is 4.79 Å². The zero-order valence-electron chi connectivity index (χ0n) is 7.06. The average Bonchev–Trinajstić information content (AvgIpc) is 2.65. The van der Waals surface area contributed by atoms with E-state index in [1.54, 1.807) is 18.3 Å². The molecule has 0 unspecified atom stereocenters. The van der Waals surface area contributed by atoms with Gasteiger partial charge in [-0.05, 0) is 18.2 Å². The van der Waals surface area contributed by atoms with Crippen molar-refractivity contribution < 1.29 is 8.94 Å². The topological polar surface area (TPSA) is 56.2 Å². The molecule has 68 valence electrons. The Bertz CT molecular complexity index is 665. The van der Waals surface area contributed by atoms with Crippen LogP contribution in [0.4, 0.5) is 0 Å². The molecule has 0 fully saturated rings. The van der Waals surface area contributed by atoms with Gasteiger partial charge in [0.1, 0.15) is 0 Å². The van der Waals surface area contributed by atoms with Crippen LogP contribution in [0.2, 0.25) is 0 Å². The maximum atomic E-state index is 11.0. The fourth-order valence-electron chi connectivity index (χ4n) is 1.47. The van der Waals surface area contributed by atoms with E-state index in [4.69, 9.17) is 8.94 Å². The number of rotatable bonds is 0. The Kier molecular flexibility index (Phi) is 1.28. The van der Waals surface area contributed by atoms with Crippen molar-refractivity contribution >= 4 is 21.9 Å². The van der Waals surface area contributed by atoms with Gasteiger partial charge in [0.05, 0.1) is 11.6 Å². The molecule has 0 saturated carbocycles. The van der Waals surface area contributed by atoms with E-state index in [2.05, 4.69) is 5.16 Å². The van der Waals surface area contributed by atoms with Gasteiger partial charge in [-0.1, -0.05) is 5.16 Å². The van der Waals surface area contributed by atoms with Crippen LogP contribution in [0.3, 0.4) is 0 Å². The van der Waals surface area contributed by atoms with Crippen molar-refractivity contribution in [3.8, 4) is 0 Å². The van der Waals surface area contributed by atoms with E-state index < -0.39 is 0 Å². The zero-order chi connectivity index (χ0) is 9.54. The van der Waals surface area contributed by atoms with Crippen molar-refractivity contribution in [3.63, 3.8) is 0 Å². The van der Waals surface area contributed by atoms with E-state index in [0.717, 1.165) is 10.8 Å². The molecular weight excluding hydrogens is 182 g/mol. The lowest BCUT2D eigenvalue weighted by Gasteiger charge is -1.94. The molecule has 2 aromatic heterocycles. The number of fused-ring (bicyclic) bond motifs is 3. The van der Waals surface area contributed by atoms with E-state index in [9.17, 15) is 4.79 Å². The summed E-state index contributed by atoms with van der Waals surface area (Å²) in [6.45, 7) is 0. The first-order valence-corrected chi connectivity index (χ1v) is 4.12. The van der Waals surface area contributed by atoms with Crippen LogP contribution in [0.15, 0.2) is 44.2 Å². The third-order valence-electron chi connectivity index (χ3n) is 2.12. The van der Waals surface area contributed by atoms with Gasteiger partial charge in [-0.2, -0.15) is 0 Å². The van der Waals surface area contributed by atoms with Crippen molar-refractivity contribution in [1.29, 1.82) is 0 Å². The van der Waals surface area contributed by atoms with E-state index in [-0.39, 0.29) is 5.63 Å². The summed E-state index contributed by atoms with van der Waals surface area (Å²) < 4.78 is 10.0. The summed E-state index contributed by atoms with van der Waals surface area (Å²) in [7, 11) is 0. The summed E-state index contributed by atoms with van der Waals surface area (Å²) in [5, 5.41) is 5.23. The minimum atomic E-state index is -0.369. The third-order valence-corrected chi connectivity index (χ3v) is 2.12. The predicted molar refractivity (Wildman–Crippen MR) is 50.1 cm³/mol. The molecule has 0 N–H and O–H groups in total. The molecule has 0 aliphatic rings. The molecule has 2 heterocycles. The van der Waals surface area contributed by atoms with Crippen molar-refractivity contribution in [1.82, 2.24) is 5.16 Å². The minimum Gasteiger partial charge on any atom is -0.422 e. The van der Waals surface area contributed by atoms with E-state index >= 15 is 0 Å². The Morgan fingerprint density at radius 2 is 2.00 bits per heavy atom. The molecule has 0 aliphatic heterocycles. The molecule has 0 amide bonds. The highest BCUT2D eigenvalue weighted by Gasteiger charge is 2.05. The minimum absolute atomic E-state index is 0.369. The number of nitrogens with zero attached hydrogens (tertiary/aromatic N) is 1. The lowest BCUT2D eigenvalue weighted by molar-refractivity contribution is 0.456. The standard InChI is InChI=1S/C10H5NO3/c12-9-4-2-6-1-3-8-7(5-11-14-8)10(6)13-9/h1-5H. The SMILES string of the molecule is O=c1ccc2ccc3oncc3c2o1. The van der Waals surface area contributed by atoms with Gasteiger partial charge in [0.25, 0.3) is 0 Å². The maximum absolute atomic E-state index is 11.0. The molecule has 3 aromatic rings. The molecule has 3 rings (SSSR count). The van der Waals surface area contributed by atoms with Crippen LogP contribution in [0.5, 0.6) is 0 Å². The van der Waals surface area contributed by atoms with E-state index in [0.29, 0.717) is 11.2 Å². The molecule has 1 aromatic carbocycles. The Labute approximate surface area is 77.7 Å². The highest BCUT2D eigenvalue weighted by Crippen LogP contribution is 2.23. The van der Waals surface area contributed by atoms with Crippen LogP contribution in [0.25, 0.3) is 21.9 Å². The second kappa shape index (κ2) is 2.45. The molecular formula is C10H5NO3. The summed E-state index contributed by atoms with van der Waals surface area (Å²) in [6, 6.07) is 6.73. The van der Waals surface area contributed by atoms with Gasteiger partial charge in [-0.15, -0.1) is 0 Å². The predicted octanol–water partition coefficient (Wildman–Crippen LogP) is 1.93. The third kappa shape index (κ3) is 0.877. The fraction of sp³-hybridized carbons (Fsp3) is 0. The smallest absolute Gasteiger partial charge is 0.336 e. The first kappa shape index (κ1) is 7.32. The monoisotopic (exact) mass is 187 g/mol. The Balaban J connectivity index is 2.66. The van der Waals surface area contributed by atoms with Gasteiger partial charge in [-0.3, -0.25) is 0 Å². The molecule has 0 bridgehead atoms. The largest absolute Gasteiger partial charge is 0.422 e. The van der Waals surface area contributed by atoms with Gasteiger partial charge in [0.15, 0.2) is 11.2 Å². The van der Waals surface area contributed by atoms with Gasteiger partial charge >= 0.3 is 5.63 Å². The fourth-order valence-corrected chi connectivity index (χ4v) is 1.47. The second-order valence-corrected chi connectivity index (χ2v) is 2.98.